The van der Waals surface area contributed by atoms with Crippen molar-refractivity contribution in [1.29, 1.82) is 0 Å². The fourth-order valence-corrected chi connectivity index (χ4v) is 3.23. The van der Waals surface area contributed by atoms with Crippen molar-refractivity contribution in [3.05, 3.63) is 32.9 Å². The highest BCUT2D eigenvalue weighted by Gasteiger charge is 2.25. The molecule has 0 atom stereocenters. The number of carbonyl (C=O) groups excluding carboxylic acids is 1. The smallest absolute Gasteiger partial charge is 0.258 e. The van der Waals surface area contributed by atoms with Crippen LogP contribution in [-0.4, -0.2) is 38.2 Å². The van der Waals surface area contributed by atoms with Crippen molar-refractivity contribution in [1.82, 2.24) is 19.7 Å². The molecule has 0 aliphatic heterocycles. The Morgan fingerprint density at radius 1 is 1.43 bits per heavy atom. The minimum Gasteiger partial charge on any atom is -0.336 e. The van der Waals surface area contributed by atoms with Gasteiger partial charge in [0.25, 0.3) is 5.91 Å². The monoisotopic (exact) mass is 398 g/mol. The van der Waals surface area contributed by atoms with Crippen molar-refractivity contribution < 1.29 is 4.79 Å². The molecule has 2 rings (SSSR count). The number of aromatic nitrogens is 3. The Bertz CT molecular complexity index is 658. The van der Waals surface area contributed by atoms with Gasteiger partial charge in [-0.1, -0.05) is 0 Å². The molecule has 0 aromatic carbocycles. The van der Waals surface area contributed by atoms with E-state index in [0.29, 0.717) is 16.7 Å². The van der Waals surface area contributed by atoms with Crippen LogP contribution in [0.15, 0.2) is 22.4 Å². The summed E-state index contributed by atoms with van der Waals surface area (Å²) in [5.41, 5.74) is 0.442. The second-order valence-electron chi connectivity index (χ2n) is 6.72. The Kier molecular flexibility index (Phi) is 5.62. The van der Waals surface area contributed by atoms with E-state index in [1.807, 2.05) is 35.0 Å². The van der Waals surface area contributed by atoms with E-state index in [2.05, 4.69) is 46.8 Å². The molecule has 1 amide bonds. The number of hydrogen-bond donors (Lipinski definition) is 0. The van der Waals surface area contributed by atoms with Crippen LogP contribution >= 0.6 is 27.3 Å². The highest BCUT2D eigenvalue weighted by molar-refractivity contribution is 9.10. The lowest BCUT2D eigenvalue weighted by atomic mass is 10.1. The van der Waals surface area contributed by atoms with Crippen LogP contribution in [-0.2, 0) is 12.0 Å². The molecule has 0 aliphatic carbocycles. The molecule has 2 aromatic rings. The van der Waals surface area contributed by atoms with Crippen LogP contribution in [0.5, 0.6) is 0 Å². The molecule has 23 heavy (non-hydrogen) atoms. The minimum atomic E-state index is -0.162. The first-order valence-electron chi connectivity index (χ1n) is 7.65. The molecule has 0 spiro atoms. The van der Waals surface area contributed by atoms with Gasteiger partial charge in [-0.2, -0.15) is 5.10 Å². The van der Waals surface area contributed by atoms with E-state index in [1.165, 1.54) is 0 Å². The standard InChI is InChI=1S/C16H23BrN4OS/c1-11(2)20(8-6-13-18-7-9-23-13)15(22)12-10-21(16(3,4)5)19-14(12)17/h7,9-11H,6,8H2,1-5H3. The molecule has 2 aromatic heterocycles. The maximum atomic E-state index is 12.9. The molecule has 0 saturated carbocycles. The minimum absolute atomic E-state index is 0.000990. The number of rotatable bonds is 5. The summed E-state index contributed by atoms with van der Waals surface area (Å²) in [5.74, 6) is -0.000990. The zero-order chi connectivity index (χ0) is 17.2. The Labute approximate surface area is 149 Å². The first-order valence-corrected chi connectivity index (χ1v) is 9.32. The highest BCUT2D eigenvalue weighted by Crippen LogP contribution is 2.22. The van der Waals surface area contributed by atoms with Gasteiger partial charge in [0.2, 0.25) is 0 Å². The molecule has 0 N–H and O–H groups in total. The second-order valence-corrected chi connectivity index (χ2v) is 8.45. The summed E-state index contributed by atoms with van der Waals surface area (Å²) in [5, 5.41) is 7.44. The van der Waals surface area contributed by atoms with Gasteiger partial charge in [-0.25, -0.2) is 4.98 Å². The van der Waals surface area contributed by atoms with Gasteiger partial charge in [-0.3, -0.25) is 9.48 Å². The molecule has 0 aliphatic rings. The summed E-state index contributed by atoms with van der Waals surface area (Å²) in [6.45, 7) is 10.9. The third-order valence-electron chi connectivity index (χ3n) is 3.52. The number of hydrogen-bond acceptors (Lipinski definition) is 4. The zero-order valence-electron chi connectivity index (χ0n) is 14.2. The molecular formula is C16H23BrN4OS. The van der Waals surface area contributed by atoms with Crippen molar-refractivity contribution >= 4 is 33.2 Å². The van der Waals surface area contributed by atoms with Crippen molar-refractivity contribution in [2.45, 2.75) is 52.6 Å². The molecule has 0 radical (unpaired) electrons. The summed E-state index contributed by atoms with van der Waals surface area (Å²) in [4.78, 5) is 19.1. The average Bonchev–Trinajstić information content (AvgIpc) is 3.06. The van der Waals surface area contributed by atoms with E-state index < -0.39 is 0 Å². The van der Waals surface area contributed by atoms with E-state index in [9.17, 15) is 4.79 Å². The Morgan fingerprint density at radius 3 is 2.61 bits per heavy atom. The topological polar surface area (TPSA) is 51.0 Å². The summed E-state index contributed by atoms with van der Waals surface area (Å²) in [6.07, 6.45) is 4.39. The van der Waals surface area contributed by atoms with Crippen LogP contribution in [0.4, 0.5) is 0 Å². The SMILES string of the molecule is CC(C)N(CCc1nccs1)C(=O)c1cn(C(C)(C)C)nc1Br. The van der Waals surface area contributed by atoms with Gasteiger partial charge >= 0.3 is 0 Å². The van der Waals surface area contributed by atoms with Crippen LogP contribution in [0.3, 0.4) is 0 Å². The van der Waals surface area contributed by atoms with Crippen molar-refractivity contribution in [3.63, 3.8) is 0 Å². The predicted molar refractivity (Wildman–Crippen MR) is 96.9 cm³/mol. The molecule has 2 heterocycles. The van der Waals surface area contributed by atoms with Gasteiger partial charge in [0.05, 0.1) is 16.1 Å². The van der Waals surface area contributed by atoms with E-state index >= 15 is 0 Å². The molecule has 7 heteroatoms. The Morgan fingerprint density at radius 2 is 2.13 bits per heavy atom. The highest BCUT2D eigenvalue weighted by atomic mass is 79.9. The van der Waals surface area contributed by atoms with Crippen molar-refractivity contribution in [2.75, 3.05) is 6.54 Å². The molecular weight excluding hydrogens is 376 g/mol. The fourth-order valence-electron chi connectivity index (χ4n) is 2.18. The molecule has 0 unspecified atom stereocenters. The largest absolute Gasteiger partial charge is 0.336 e. The van der Waals surface area contributed by atoms with Crippen molar-refractivity contribution in [2.24, 2.45) is 0 Å². The predicted octanol–water partition coefficient (Wildman–Crippen LogP) is 3.95. The Balaban J connectivity index is 2.19. The molecule has 0 fully saturated rings. The summed E-state index contributed by atoms with van der Waals surface area (Å²) in [7, 11) is 0. The number of amides is 1. The van der Waals surface area contributed by atoms with Crippen LogP contribution in [0.25, 0.3) is 0 Å². The maximum Gasteiger partial charge on any atom is 0.258 e. The van der Waals surface area contributed by atoms with Gasteiger partial charge in [0.15, 0.2) is 0 Å². The third-order valence-corrected chi connectivity index (χ3v) is 4.95. The lowest BCUT2D eigenvalue weighted by Gasteiger charge is -2.26. The lowest BCUT2D eigenvalue weighted by molar-refractivity contribution is 0.0707. The summed E-state index contributed by atoms with van der Waals surface area (Å²) >= 11 is 5.05. The van der Waals surface area contributed by atoms with Gasteiger partial charge in [0.1, 0.15) is 4.60 Å². The van der Waals surface area contributed by atoms with Gasteiger partial charge in [0, 0.05) is 36.8 Å². The first-order chi connectivity index (χ1) is 10.7. The second kappa shape index (κ2) is 7.13. The maximum absolute atomic E-state index is 12.9. The quantitative estimate of drug-likeness (QED) is 0.765. The zero-order valence-corrected chi connectivity index (χ0v) is 16.6. The third kappa shape index (κ3) is 4.41. The van der Waals surface area contributed by atoms with Crippen LogP contribution in [0.2, 0.25) is 0 Å². The number of halogens is 1. The fraction of sp³-hybridized carbons (Fsp3) is 0.562. The average molecular weight is 399 g/mol. The van der Waals surface area contributed by atoms with E-state index in [-0.39, 0.29) is 17.5 Å². The first kappa shape index (κ1) is 18.1. The lowest BCUT2D eigenvalue weighted by Crippen LogP contribution is -2.38. The van der Waals surface area contributed by atoms with Crippen LogP contribution < -0.4 is 0 Å². The molecule has 126 valence electrons. The molecule has 0 saturated heterocycles. The van der Waals surface area contributed by atoms with Crippen LogP contribution in [0.1, 0.15) is 50.0 Å². The van der Waals surface area contributed by atoms with E-state index in [0.717, 1.165) is 11.4 Å². The Hall–Kier alpha value is -1.21. The molecule has 5 nitrogen and oxygen atoms in total. The normalized spacial score (nSPS) is 12.0. The molecule has 0 bridgehead atoms. The van der Waals surface area contributed by atoms with Gasteiger partial charge in [-0.15, -0.1) is 11.3 Å². The summed E-state index contributed by atoms with van der Waals surface area (Å²) < 4.78 is 2.42. The van der Waals surface area contributed by atoms with E-state index in [4.69, 9.17) is 0 Å². The number of thiazole rings is 1. The van der Waals surface area contributed by atoms with E-state index in [1.54, 1.807) is 17.5 Å². The summed E-state index contributed by atoms with van der Waals surface area (Å²) in [6, 6.07) is 0.118. The van der Waals surface area contributed by atoms with Crippen molar-refractivity contribution in [3.8, 4) is 0 Å². The number of carbonyl (C=O) groups is 1. The number of nitrogens with zero attached hydrogens (tertiary/aromatic N) is 4. The van der Waals surface area contributed by atoms with Gasteiger partial charge < -0.3 is 4.90 Å². The van der Waals surface area contributed by atoms with Crippen LogP contribution in [0, 0.1) is 0 Å². The van der Waals surface area contributed by atoms with Gasteiger partial charge in [-0.05, 0) is 50.5 Å².